The zero-order valence-electron chi connectivity index (χ0n) is 14.4. The monoisotopic (exact) mass is 394 g/mol. The maximum atomic E-state index is 9.03. The second kappa shape index (κ2) is 7.96. The summed E-state index contributed by atoms with van der Waals surface area (Å²) < 4.78 is 10.3. The van der Waals surface area contributed by atoms with Crippen molar-refractivity contribution in [2.75, 3.05) is 17.6 Å². The summed E-state index contributed by atoms with van der Waals surface area (Å²) in [6, 6.07) is 18.0. The molecule has 4 N–H and O–H groups in total. The Balaban J connectivity index is 1.50. The number of rotatable bonds is 6. The second-order valence-corrected chi connectivity index (χ2v) is 7.62. The van der Waals surface area contributed by atoms with Crippen LogP contribution in [0.4, 0.5) is 11.8 Å². The van der Waals surface area contributed by atoms with E-state index >= 15 is 0 Å². The Hall–Kier alpha value is -2.61. The number of nitrogens with zero attached hydrogens (tertiary/aromatic N) is 2. The quantitative estimate of drug-likeness (QED) is 0.392. The van der Waals surface area contributed by atoms with Crippen molar-refractivity contribution >= 4 is 45.2 Å². The SMILES string of the molecule is Nc1nc(NCCc2ccc(SO)cc2)cc(-c2csc3ccccc23)n1. The van der Waals surface area contributed by atoms with E-state index in [4.69, 9.17) is 10.3 Å². The number of aromatic nitrogens is 2. The summed E-state index contributed by atoms with van der Waals surface area (Å²) in [5.41, 5.74) is 9.03. The van der Waals surface area contributed by atoms with Crippen LogP contribution in [0.5, 0.6) is 0 Å². The van der Waals surface area contributed by atoms with Gasteiger partial charge in [0.15, 0.2) is 0 Å². The summed E-state index contributed by atoms with van der Waals surface area (Å²) in [4.78, 5) is 9.56. The molecule has 7 heteroatoms. The van der Waals surface area contributed by atoms with E-state index in [1.807, 2.05) is 42.5 Å². The van der Waals surface area contributed by atoms with Gasteiger partial charge in [-0.2, -0.15) is 4.98 Å². The lowest BCUT2D eigenvalue weighted by molar-refractivity contribution is 0.664. The van der Waals surface area contributed by atoms with Gasteiger partial charge < -0.3 is 15.6 Å². The van der Waals surface area contributed by atoms with Gasteiger partial charge >= 0.3 is 0 Å². The van der Waals surface area contributed by atoms with Crippen molar-refractivity contribution < 1.29 is 4.55 Å². The molecule has 5 nitrogen and oxygen atoms in total. The van der Waals surface area contributed by atoms with Crippen LogP contribution in [0.3, 0.4) is 0 Å². The Morgan fingerprint density at radius 2 is 1.89 bits per heavy atom. The molecule has 0 saturated heterocycles. The second-order valence-electron chi connectivity index (χ2n) is 6.05. The van der Waals surface area contributed by atoms with Crippen LogP contribution in [0.2, 0.25) is 0 Å². The van der Waals surface area contributed by atoms with E-state index in [2.05, 4.69) is 32.8 Å². The fourth-order valence-corrected chi connectivity index (χ4v) is 4.13. The number of nitrogen functional groups attached to an aromatic ring is 1. The first kappa shape index (κ1) is 17.8. The van der Waals surface area contributed by atoms with Crippen LogP contribution >= 0.6 is 23.4 Å². The first-order valence-corrected chi connectivity index (χ1v) is 10.1. The van der Waals surface area contributed by atoms with Gasteiger partial charge in [0.05, 0.1) is 5.69 Å². The van der Waals surface area contributed by atoms with Gasteiger partial charge in [0.2, 0.25) is 5.95 Å². The average molecular weight is 395 g/mol. The van der Waals surface area contributed by atoms with Gasteiger partial charge in [-0.25, -0.2) is 4.98 Å². The van der Waals surface area contributed by atoms with Crippen LogP contribution in [0.1, 0.15) is 5.56 Å². The molecule has 136 valence electrons. The van der Waals surface area contributed by atoms with E-state index in [0.717, 1.165) is 47.0 Å². The standard InChI is InChI=1S/C20H18N4OS2/c21-20-23-17(16-12-26-18-4-2-1-3-15(16)18)11-19(24-20)22-10-9-13-5-7-14(27-25)8-6-13/h1-8,11-12,25H,9-10H2,(H3,21,22,23,24). The third-order valence-electron chi connectivity index (χ3n) is 4.25. The molecule has 0 radical (unpaired) electrons. The molecule has 27 heavy (non-hydrogen) atoms. The average Bonchev–Trinajstić information content (AvgIpc) is 3.12. The third-order valence-corrected chi connectivity index (χ3v) is 5.70. The van der Waals surface area contributed by atoms with Crippen LogP contribution in [-0.4, -0.2) is 21.1 Å². The van der Waals surface area contributed by atoms with Crippen molar-refractivity contribution in [2.24, 2.45) is 0 Å². The molecule has 4 rings (SSSR count). The first-order chi connectivity index (χ1) is 13.2. The minimum atomic E-state index is 0.259. The van der Waals surface area contributed by atoms with E-state index in [9.17, 15) is 0 Å². The highest BCUT2D eigenvalue weighted by atomic mass is 32.2. The Morgan fingerprint density at radius 1 is 1.07 bits per heavy atom. The molecule has 4 aromatic rings. The number of fused-ring (bicyclic) bond motifs is 1. The molecule has 2 aromatic carbocycles. The Morgan fingerprint density at radius 3 is 2.70 bits per heavy atom. The molecule has 0 bridgehead atoms. The van der Waals surface area contributed by atoms with Crippen molar-refractivity contribution in [1.82, 2.24) is 9.97 Å². The Labute approximate surface area is 165 Å². The highest BCUT2D eigenvalue weighted by Crippen LogP contribution is 2.33. The number of hydrogen-bond acceptors (Lipinski definition) is 7. The fraction of sp³-hybridized carbons (Fsp3) is 0.100. The van der Waals surface area contributed by atoms with Crippen LogP contribution in [0, 0.1) is 0 Å². The third kappa shape index (κ3) is 4.05. The lowest BCUT2D eigenvalue weighted by atomic mass is 10.1. The molecule has 2 heterocycles. The number of thiophene rings is 1. The van der Waals surface area contributed by atoms with E-state index in [-0.39, 0.29) is 5.95 Å². The summed E-state index contributed by atoms with van der Waals surface area (Å²) >= 11 is 2.45. The number of benzene rings is 2. The molecule has 0 fully saturated rings. The van der Waals surface area contributed by atoms with Crippen molar-refractivity contribution in [3.05, 3.63) is 65.5 Å². The molecule has 0 unspecified atom stereocenters. The zero-order valence-corrected chi connectivity index (χ0v) is 16.1. The number of nitrogens with two attached hydrogens (primary N) is 1. The van der Waals surface area contributed by atoms with Crippen molar-refractivity contribution in [3.8, 4) is 11.3 Å². The van der Waals surface area contributed by atoms with E-state index in [1.165, 1.54) is 15.6 Å². The maximum Gasteiger partial charge on any atom is 0.222 e. The number of anilines is 2. The molecule has 0 amide bonds. The van der Waals surface area contributed by atoms with Gasteiger partial charge in [0.25, 0.3) is 0 Å². The molecule has 0 aliphatic rings. The number of hydrogen-bond donors (Lipinski definition) is 3. The molecular formula is C20H18N4OS2. The molecule has 0 aliphatic heterocycles. The summed E-state index contributed by atoms with van der Waals surface area (Å²) in [5.74, 6) is 0.977. The summed E-state index contributed by atoms with van der Waals surface area (Å²) in [7, 11) is 0. The van der Waals surface area contributed by atoms with Crippen LogP contribution in [0.15, 0.2) is 64.9 Å². The lowest BCUT2D eigenvalue weighted by Crippen LogP contribution is -2.08. The first-order valence-electron chi connectivity index (χ1n) is 8.48. The smallest absolute Gasteiger partial charge is 0.222 e. The highest BCUT2D eigenvalue weighted by molar-refractivity contribution is 7.93. The minimum absolute atomic E-state index is 0.259. The predicted octanol–water partition coefficient (Wildman–Crippen LogP) is 5.16. The van der Waals surface area contributed by atoms with E-state index in [0.29, 0.717) is 0 Å². The molecule has 0 atom stereocenters. The summed E-state index contributed by atoms with van der Waals surface area (Å²) in [6.45, 7) is 0.728. The van der Waals surface area contributed by atoms with Gasteiger partial charge in [-0.1, -0.05) is 30.3 Å². The summed E-state index contributed by atoms with van der Waals surface area (Å²) in [6.07, 6.45) is 0.844. The minimum Gasteiger partial charge on any atom is -0.370 e. The van der Waals surface area contributed by atoms with Crippen molar-refractivity contribution in [1.29, 1.82) is 0 Å². The Kier molecular flexibility index (Phi) is 5.24. The zero-order chi connectivity index (χ0) is 18.6. The van der Waals surface area contributed by atoms with Gasteiger partial charge in [-0.3, -0.25) is 0 Å². The lowest BCUT2D eigenvalue weighted by Gasteiger charge is -2.09. The van der Waals surface area contributed by atoms with Gasteiger partial charge in [0, 0.05) is 50.6 Å². The van der Waals surface area contributed by atoms with Gasteiger partial charge in [-0.15, -0.1) is 11.3 Å². The predicted molar refractivity (Wildman–Crippen MR) is 114 cm³/mol. The topological polar surface area (TPSA) is 84.1 Å². The highest BCUT2D eigenvalue weighted by Gasteiger charge is 2.10. The van der Waals surface area contributed by atoms with Gasteiger partial charge in [-0.05, 0) is 30.2 Å². The maximum absolute atomic E-state index is 9.03. The Bertz CT molecular complexity index is 1060. The van der Waals surface area contributed by atoms with Crippen LogP contribution in [-0.2, 0) is 6.42 Å². The summed E-state index contributed by atoms with van der Waals surface area (Å²) in [5, 5.41) is 6.61. The van der Waals surface area contributed by atoms with Crippen LogP contribution in [0.25, 0.3) is 21.3 Å². The van der Waals surface area contributed by atoms with Gasteiger partial charge in [0.1, 0.15) is 5.82 Å². The molecule has 2 aromatic heterocycles. The van der Waals surface area contributed by atoms with E-state index < -0.39 is 0 Å². The molecule has 0 aliphatic carbocycles. The largest absolute Gasteiger partial charge is 0.370 e. The van der Waals surface area contributed by atoms with Crippen molar-refractivity contribution in [3.63, 3.8) is 0 Å². The number of nitrogens with one attached hydrogen (secondary N) is 1. The van der Waals surface area contributed by atoms with Crippen molar-refractivity contribution in [2.45, 2.75) is 11.3 Å². The molecule has 0 saturated carbocycles. The fourth-order valence-electron chi connectivity index (χ4n) is 2.92. The normalized spacial score (nSPS) is 11.0. The van der Waals surface area contributed by atoms with E-state index in [1.54, 1.807) is 11.3 Å². The molecular weight excluding hydrogens is 376 g/mol. The van der Waals surface area contributed by atoms with Crippen LogP contribution < -0.4 is 11.1 Å². The molecule has 0 spiro atoms.